The highest BCUT2D eigenvalue weighted by Crippen LogP contribution is 2.10. The lowest BCUT2D eigenvalue weighted by Crippen LogP contribution is -2.30. The van der Waals surface area contributed by atoms with Crippen LogP contribution in [0.15, 0.2) is 60.7 Å². The number of nitrogens with two attached hydrogens (primary N) is 1. The first kappa shape index (κ1) is 18.7. The predicted octanol–water partition coefficient (Wildman–Crippen LogP) is 3.26. The van der Waals surface area contributed by atoms with Crippen LogP contribution in [0.5, 0.6) is 0 Å². The van der Waals surface area contributed by atoms with Gasteiger partial charge in [-0.1, -0.05) is 67.6 Å². The summed E-state index contributed by atoms with van der Waals surface area (Å²) in [6.07, 6.45) is 1.15. The number of nitrogens with zero attached hydrogens (tertiary/aromatic N) is 1. The first-order chi connectivity index (χ1) is 11.8. The lowest BCUT2D eigenvalue weighted by atomic mass is 10.1. The molecule has 0 amide bonds. The van der Waals surface area contributed by atoms with Crippen molar-refractivity contribution in [3.05, 3.63) is 71.8 Å². The molecule has 2 aromatic rings. The van der Waals surface area contributed by atoms with Gasteiger partial charge in [0.25, 0.3) is 0 Å². The van der Waals surface area contributed by atoms with Gasteiger partial charge in [0, 0.05) is 19.6 Å². The molecule has 1 unspecified atom stereocenters. The van der Waals surface area contributed by atoms with Crippen molar-refractivity contribution < 1.29 is 0 Å². The van der Waals surface area contributed by atoms with Gasteiger partial charge < -0.3 is 11.1 Å². The van der Waals surface area contributed by atoms with Crippen LogP contribution in [0.2, 0.25) is 0 Å². The van der Waals surface area contributed by atoms with Crippen molar-refractivity contribution in [1.29, 1.82) is 0 Å². The van der Waals surface area contributed by atoms with Crippen LogP contribution in [-0.4, -0.2) is 31.1 Å². The van der Waals surface area contributed by atoms with E-state index < -0.39 is 0 Å². The van der Waals surface area contributed by atoms with Gasteiger partial charge >= 0.3 is 0 Å². The molecule has 0 aliphatic heterocycles. The standard InChI is InChI=1S/C21H31N3/c1-19(15-22)16-23-13-8-14-24(17-20-9-4-2-5-10-20)18-21-11-6-3-7-12-21/h2-7,9-12,19,23H,8,13-18,22H2,1H3. The molecule has 0 fully saturated rings. The molecule has 24 heavy (non-hydrogen) atoms. The Balaban J connectivity index is 1.83. The highest BCUT2D eigenvalue weighted by atomic mass is 15.1. The van der Waals surface area contributed by atoms with Gasteiger partial charge in [0.15, 0.2) is 0 Å². The van der Waals surface area contributed by atoms with Gasteiger partial charge in [-0.2, -0.15) is 0 Å². The Bertz CT molecular complexity index is 500. The van der Waals surface area contributed by atoms with Crippen molar-refractivity contribution in [3.8, 4) is 0 Å². The van der Waals surface area contributed by atoms with E-state index in [0.717, 1.165) is 45.7 Å². The van der Waals surface area contributed by atoms with Crippen LogP contribution >= 0.6 is 0 Å². The summed E-state index contributed by atoms with van der Waals surface area (Å²) in [6, 6.07) is 21.5. The second-order valence-electron chi connectivity index (χ2n) is 6.58. The van der Waals surface area contributed by atoms with E-state index in [1.54, 1.807) is 0 Å². The lowest BCUT2D eigenvalue weighted by Gasteiger charge is -2.23. The molecule has 0 saturated heterocycles. The topological polar surface area (TPSA) is 41.3 Å². The van der Waals surface area contributed by atoms with Gasteiger partial charge in [0.1, 0.15) is 0 Å². The van der Waals surface area contributed by atoms with Gasteiger partial charge in [-0.3, -0.25) is 4.90 Å². The number of nitrogens with one attached hydrogen (secondary N) is 1. The van der Waals surface area contributed by atoms with Gasteiger partial charge in [-0.05, 0) is 43.1 Å². The van der Waals surface area contributed by atoms with Crippen LogP contribution in [-0.2, 0) is 13.1 Å². The summed E-state index contributed by atoms with van der Waals surface area (Å²) in [5.74, 6) is 0.551. The number of hydrogen-bond acceptors (Lipinski definition) is 3. The van der Waals surface area contributed by atoms with Crippen molar-refractivity contribution in [2.24, 2.45) is 11.7 Å². The zero-order valence-electron chi connectivity index (χ0n) is 14.8. The summed E-state index contributed by atoms with van der Waals surface area (Å²) in [6.45, 7) is 8.07. The minimum Gasteiger partial charge on any atom is -0.330 e. The molecular weight excluding hydrogens is 294 g/mol. The number of hydrogen-bond donors (Lipinski definition) is 2. The molecule has 0 saturated carbocycles. The van der Waals surface area contributed by atoms with Crippen LogP contribution in [0, 0.1) is 5.92 Å². The smallest absolute Gasteiger partial charge is 0.0237 e. The van der Waals surface area contributed by atoms with Crippen LogP contribution in [0.1, 0.15) is 24.5 Å². The maximum absolute atomic E-state index is 5.66. The third-order valence-corrected chi connectivity index (χ3v) is 4.22. The predicted molar refractivity (Wildman–Crippen MR) is 103 cm³/mol. The maximum atomic E-state index is 5.66. The molecule has 0 aromatic heterocycles. The Morgan fingerprint density at radius 3 is 1.96 bits per heavy atom. The third kappa shape index (κ3) is 7.26. The third-order valence-electron chi connectivity index (χ3n) is 4.22. The van der Waals surface area contributed by atoms with Crippen molar-refractivity contribution in [2.75, 3.05) is 26.2 Å². The summed E-state index contributed by atoms with van der Waals surface area (Å²) in [5, 5.41) is 3.51. The fraction of sp³-hybridized carbons (Fsp3) is 0.429. The van der Waals surface area contributed by atoms with Crippen molar-refractivity contribution in [3.63, 3.8) is 0 Å². The molecule has 0 radical (unpaired) electrons. The largest absolute Gasteiger partial charge is 0.330 e. The lowest BCUT2D eigenvalue weighted by molar-refractivity contribution is 0.252. The maximum Gasteiger partial charge on any atom is 0.0237 e. The minimum atomic E-state index is 0.551. The summed E-state index contributed by atoms with van der Waals surface area (Å²) >= 11 is 0. The van der Waals surface area contributed by atoms with E-state index in [1.165, 1.54) is 11.1 Å². The Morgan fingerprint density at radius 2 is 1.46 bits per heavy atom. The highest BCUT2D eigenvalue weighted by Gasteiger charge is 2.07. The van der Waals surface area contributed by atoms with E-state index in [1.807, 2.05) is 0 Å². The van der Waals surface area contributed by atoms with E-state index in [0.29, 0.717) is 5.92 Å². The summed E-state index contributed by atoms with van der Waals surface area (Å²) < 4.78 is 0. The van der Waals surface area contributed by atoms with Gasteiger partial charge in [-0.15, -0.1) is 0 Å². The Morgan fingerprint density at radius 1 is 0.917 bits per heavy atom. The van der Waals surface area contributed by atoms with Crippen molar-refractivity contribution in [1.82, 2.24) is 10.2 Å². The van der Waals surface area contributed by atoms with Gasteiger partial charge in [0.2, 0.25) is 0 Å². The number of benzene rings is 2. The van der Waals surface area contributed by atoms with Gasteiger partial charge in [-0.25, -0.2) is 0 Å². The minimum absolute atomic E-state index is 0.551. The Labute approximate surface area is 146 Å². The molecule has 3 nitrogen and oxygen atoms in total. The average Bonchev–Trinajstić information content (AvgIpc) is 2.62. The number of rotatable bonds is 11. The molecule has 3 heteroatoms. The van der Waals surface area contributed by atoms with E-state index in [4.69, 9.17) is 5.73 Å². The Hall–Kier alpha value is -1.68. The molecule has 130 valence electrons. The zero-order valence-corrected chi connectivity index (χ0v) is 14.8. The van der Waals surface area contributed by atoms with E-state index in [9.17, 15) is 0 Å². The summed E-state index contributed by atoms with van der Waals surface area (Å²) in [4.78, 5) is 2.53. The summed E-state index contributed by atoms with van der Waals surface area (Å²) in [5.41, 5.74) is 8.41. The fourth-order valence-electron chi connectivity index (χ4n) is 2.76. The molecule has 1 atom stereocenters. The van der Waals surface area contributed by atoms with Crippen LogP contribution in [0.4, 0.5) is 0 Å². The summed E-state index contributed by atoms with van der Waals surface area (Å²) in [7, 11) is 0. The normalized spacial score (nSPS) is 12.5. The van der Waals surface area contributed by atoms with Crippen LogP contribution < -0.4 is 11.1 Å². The monoisotopic (exact) mass is 325 g/mol. The molecule has 2 aromatic carbocycles. The highest BCUT2D eigenvalue weighted by molar-refractivity contribution is 5.17. The molecular formula is C21H31N3. The van der Waals surface area contributed by atoms with Crippen molar-refractivity contribution in [2.45, 2.75) is 26.4 Å². The van der Waals surface area contributed by atoms with Gasteiger partial charge in [0.05, 0.1) is 0 Å². The van der Waals surface area contributed by atoms with E-state index in [-0.39, 0.29) is 0 Å². The molecule has 0 aliphatic rings. The first-order valence-electron chi connectivity index (χ1n) is 8.99. The fourth-order valence-corrected chi connectivity index (χ4v) is 2.76. The van der Waals surface area contributed by atoms with E-state index in [2.05, 4.69) is 77.8 Å². The zero-order chi connectivity index (χ0) is 17.0. The second-order valence-corrected chi connectivity index (χ2v) is 6.58. The SMILES string of the molecule is CC(CN)CNCCCN(Cc1ccccc1)Cc1ccccc1. The van der Waals surface area contributed by atoms with E-state index >= 15 is 0 Å². The van der Waals surface area contributed by atoms with Crippen LogP contribution in [0.3, 0.4) is 0 Å². The molecule has 2 rings (SSSR count). The quantitative estimate of drug-likeness (QED) is 0.623. The van der Waals surface area contributed by atoms with Crippen molar-refractivity contribution >= 4 is 0 Å². The first-order valence-corrected chi connectivity index (χ1v) is 8.99. The second kappa shape index (κ2) is 11.0. The van der Waals surface area contributed by atoms with Crippen LogP contribution in [0.25, 0.3) is 0 Å². The Kier molecular flexibility index (Phi) is 8.53. The molecule has 0 heterocycles. The molecule has 0 bridgehead atoms. The molecule has 0 spiro atoms. The average molecular weight is 326 g/mol. The molecule has 0 aliphatic carbocycles. The molecule has 3 N–H and O–H groups in total.